The number of amides is 1. The molecule has 0 spiro atoms. The van der Waals surface area contributed by atoms with Crippen molar-refractivity contribution in [1.82, 2.24) is 20.0 Å². The van der Waals surface area contributed by atoms with Crippen molar-refractivity contribution in [3.63, 3.8) is 0 Å². The minimum atomic E-state index is -4.38. The molecule has 1 amide bonds. The lowest BCUT2D eigenvalue weighted by molar-refractivity contribution is -0.137. The number of carbonyl (C=O) groups excluding carboxylic acids is 1. The Bertz CT molecular complexity index is 971. The van der Waals surface area contributed by atoms with Gasteiger partial charge in [-0.05, 0) is 29.8 Å². The van der Waals surface area contributed by atoms with Crippen LogP contribution in [0.2, 0.25) is 0 Å². The van der Waals surface area contributed by atoms with Gasteiger partial charge in [-0.15, -0.1) is 0 Å². The fraction of sp³-hybridized carbons (Fsp3) is 0.263. The number of alkyl halides is 3. The van der Waals surface area contributed by atoms with E-state index in [2.05, 4.69) is 15.1 Å². The van der Waals surface area contributed by atoms with Crippen LogP contribution in [0.5, 0.6) is 0 Å². The number of rotatable bonds is 4. The number of pyridine rings is 1. The number of carbonyl (C=O) groups is 1. The summed E-state index contributed by atoms with van der Waals surface area (Å²) >= 11 is 0. The van der Waals surface area contributed by atoms with Gasteiger partial charge < -0.3 is 9.42 Å². The summed E-state index contributed by atoms with van der Waals surface area (Å²) in [6.07, 6.45) is -2.54. The van der Waals surface area contributed by atoms with Crippen LogP contribution in [0, 0.1) is 0 Å². The lowest BCUT2D eigenvalue weighted by Crippen LogP contribution is -2.24. The van der Waals surface area contributed by atoms with Crippen LogP contribution in [0.25, 0.3) is 11.6 Å². The quantitative estimate of drug-likeness (QED) is 0.682. The molecule has 1 unspecified atom stereocenters. The van der Waals surface area contributed by atoms with Crippen LogP contribution in [0.4, 0.5) is 13.2 Å². The number of benzene rings is 1. The summed E-state index contributed by atoms with van der Waals surface area (Å²) in [5, 5.41) is 3.96. The molecule has 0 bridgehead atoms. The van der Waals surface area contributed by atoms with Crippen LogP contribution < -0.4 is 0 Å². The number of hydrogen-bond donors (Lipinski definition) is 0. The average Bonchev–Trinajstić information content (AvgIpc) is 3.30. The Labute approximate surface area is 158 Å². The zero-order valence-electron chi connectivity index (χ0n) is 14.6. The highest BCUT2D eigenvalue weighted by Gasteiger charge is 2.34. The van der Waals surface area contributed by atoms with Gasteiger partial charge in [0, 0.05) is 31.6 Å². The molecule has 3 aromatic rings. The van der Waals surface area contributed by atoms with Gasteiger partial charge in [-0.2, -0.15) is 18.2 Å². The number of likely N-dealkylation sites (tertiary alicyclic amines) is 1. The maximum Gasteiger partial charge on any atom is 0.416 e. The number of nitrogens with zero attached hydrogens (tertiary/aromatic N) is 4. The highest BCUT2D eigenvalue weighted by atomic mass is 19.4. The molecule has 0 saturated carbocycles. The van der Waals surface area contributed by atoms with Crippen LogP contribution in [-0.4, -0.2) is 32.5 Å². The minimum absolute atomic E-state index is 0.103. The molecule has 0 radical (unpaired) electrons. The molecule has 1 aliphatic rings. The summed E-state index contributed by atoms with van der Waals surface area (Å²) in [5.74, 6) is 0.366. The van der Waals surface area contributed by atoms with Crippen molar-refractivity contribution in [2.45, 2.75) is 25.1 Å². The third-order valence-electron chi connectivity index (χ3n) is 4.56. The van der Waals surface area contributed by atoms with Gasteiger partial charge >= 0.3 is 6.18 Å². The largest absolute Gasteiger partial charge is 0.416 e. The molecule has 0 N–H and O–H groups in total. The zero-order valence-corrected chi connectivity index (χ0v) is 14.6. The minimum Gasteiger partial charge on any atom is -0.338 e. The summed E-state index contributed by atoms with van der Waals surface area (Å²) < 4.78 is 43.2. The van der Waals surface area contributed by atoms with Gasteiger partial charge in [0.15, 0.2) is 5.82 Å². The van der Waals surface area contributed by atoms with Crippen molar-refractivity contribution in [2.75, 3.05) is 6.54 Å². The lowest BCUT2D eigenvalue weighted by atomic mass is 10.1. The smallest absolute Gasteiger partial charge is 0.338 e. The molecule has 1 saturated heterocycles. The molecule has 28 heavy (non-hydrogen) atoms. The second kappa shape index (κ2) is 7.06. The lowest BCUT2D eigenvalue weighted by Gasteiger charge is -2.16. The van der Waals surface area contributed by atoms with Gasteiger partial charge in [-0.3, -0.25) is 9.78 Å². The standard InChI is InChI=1S/C19H15F3N4O2/c20-19(21,22)14-6-4-12(5-7-14)10-26-11-13(9-16(26)27)17-24-18(28-25-17)15-3-1-2-8-23-15/h1-8,13H,9-11H2. The molecule has 144 valence electrons. The normalized spacial score (nSPS) is 17.3. The zero-order chi connectivity index (χ0) is 19.7. The first-order chi connectivity index (χ1) is 13.4. The Morgan fingerprint density at radius 3 is 2.61 bits per heavy atom. The molecule has 1 aliphatic heterocycles. The van der Waals surface area contributed by atoms with Crippen molar-refractivity contribution < 1.29 is 22.5 Å². The van der Waals surface area contributed by atoms with Gasteiger partial charge in [0.2, 0.25) is 5.91 Å². The van der Waals surface area contributed by atoms with E-state index < -0.39 is 11.7 Å². The van der Waals surface area contributed by atoms with E-state index in [0.29, 0.717) is 23.6 Å². The first kappa shape index (κ1) is 18.1. The third-order valence-corrected chi connectivity index (χ3v) is 4.56. The Morgan fingerprint density at radius 2 is 1.93 bits per heavy atom. The fourth-order valence-corrected chi connectivity index (χ4v) is 3.11. The van der Waals surface area contributed by atoms with Crippen LogP contribution in [0.1, 0.15) is 29.3 Å². The summed E-state index contributed by atoms with van der Waals surface area (Å²) in [5.41, 5.74) is 0.465. The van der Waals surface area contributed by atoms with Crippen molar-refractivity contribution in [1.29, 1.82) is 0 Å². The average molecular weight is 388 g/mol. The molecule has 0 aliphatic carbocycles. The molecule has 9 heteroatoms. The van der Waals surface area contributed by atoms with Gasteiger partial charge in [-0.1, -0.05) is 23.4 Å². The highest BCUT2D eigenvalue weighted by Crippen LogP contribution is 2.31. The summed E-state index contributed by atoms with van der Waals surface area (Å²) in [4.78, 5) is 22.4. The topological polar surface area (TPSA) is 72.1 Å². The monoisotopic (exact) mass is 388 g/mol. The Morgan fingerprint density at radius 1 is 1.14 bits per heavy atom. The van der Waals surface area contributed by atoms with Gasteiger partial charge in [-0.25, -0.2) is 0 Å². The van der Waals surface area contributed by atoms with Crippen LogP contribution in [-0.2, 0) is 17.5 Å². The summed E-state index contributed by atoms with van der Waals surface area (Å²) in [7, 11) is 0. The molecule has 3 heterocycles. The molecule has 2 aromatic heterocycles. The van der Waals surface area contributed by atoms with Crippen LogP contribution >= 0.6 is 0 Å². The van der Waals surface area contributed by atoms with E-state index in [1.165, 1.54) is 12.1 Å². The Kier molecular flexibility index (Phi) is 4.58. The van der Waals surface area contributed by atoms with E-state index in [1.54, 1.807) is 29.3 Å². The molecule has 1 fully saturated rings. The maximum absolute atomic E-state index is 12.7. The van der Waals surface area contributed by atoms with Crippen molar-refractivity contribution in [3.05, 3.63) is 65.6 Å². The van der Waals surface area contributed by atoms with E-state index >= 15 is 0 Å². The Balaban J connectivity index is 1.44. The van der Waals surface area contributed by atoms with Gasteiger partial charge in [0.25, 0.3) is 5.89 Å². The van der Waals surface area contributed by atoms with E-state index in [-0.39, 0.29) is 30.7 Å². The van der Waals surface area contributed by atoms with E-state index in [9.17, 15) is 18.0 Å². The number of hydrogen-bond acceptors (Lipinski definition) is 5. The van der Waals surface area contributed by atoms with Crippen molar-refractivity contribution in [3.8, 4) is 11.6 Å². The molecule has 1 atom stereocenters. The fourth-order valence-electron chi connectivity index (χ4n) is 3.11. The number of aromatic nitrogens is 3. The molecule has 1 aromatic carbocycles. The summed E-state index contributed by atoms with van der Waals surface area (Å²) in [6, 6.07) is 10.1. The predicted octanol–water partition coefficient (Wildman–Crippen LogP) is 3.67. The maximum atomic E-state index is 12.7. The summed E-state index contributed by atoms with van der Waals surface area (Å²) in [6.45, 7) is 0.611. The predicted molar refractivity (Wildman–Crippen MR) is 91.7 cm³/mol. The van der Waals surface area contributed by atoms with Crippen molar-refractivity contribution >= 4 is 5.91 Å². The molecular weight excluding hydrogens is 373 g/mol. The van der Waals surface area contributed by atoms with Gasteiger partial charge in [0.1, 0.15) is 5.69 Å². The number of halogens is 3. The van der Waals surface area contributed by atoms with E-state index in [1.807, 2.05) is 0 Å². The second-order valence-electron chi connectivity index (χ2n) is 6.54. The van der Waals surface area contributed by atoms with E-state index in [0.717, 1.165) is 12.1 Å². The molecule has 6 nitrogen and oxygen atoms in total. The molecule has 4 rings (SSSR count). The van der Waals surface area contributed by atoms with Crippen molar-refractivity contribution in [2.24, 2.45) is 0 Å². The SMILES string of the molecule is O=C1CC(c2noc(-c3ccccn3)n2)CN1Cc1ccc(C(F)(F)F)cc1. The first-order valence-corrected chi connectivity index (χ1v) is 8.59. The highest BCUT2D eigenvalue weighted by molar-refractivity contribution is 5.79. The van der Waals surface area contributed by atoms with Crippen LogP contribution in [0.15, 0.2) is 53.2 Å². The first-order valence-electron chi connectivity index (χ1n) is 8.59. The Hall–Kier alpha value is -3.23. The van der Waals surface area contributed by atoms with Gasteiger partial charge in [0.05, 0.1) is 5.56 Å². The van der Waals surface area contributed by atoms with E-state index in [4.69, 9.17) is 4.52 Å². The second-order valence-corrected chi connectivity index (χ2v) is 6.54. The third kappa shape index (κ3) is 3.73. The molecular formula is C19H15F3N4O2. The van der Waals surface area contributed by atoms with Crippen LogP contribution in [0.3, 0.4) is 0 Å².